The normalized spacial score (nSPS) is 17.8. The van der Waals surface area contributed by atoms with Crippen LogP contribution in [-0.2, 0) is 14.3 Å². The summed E-state index contributed by atoms with van der Waals surface area (Å²) in [6.07, 6.45) is 0.537. The minimum Gasteiger partial charge on any atom is -0.467 e. The Morgan fingerprint density at radius 1 is 1.32 bits per heavy atom. The SMILES string of the molecule is COC(=O)C(CC(C)(C)C)NC(=O)N1CCOCC1. The topological polar surface area (TPSA) is 67.9 Å². The summed E-state index contributed by atoms with van der Waals surface area (Å²) in [5, 5.41) is 2.75. The van der Waals surface area contributed by atoms with Crippen LogP contribution in [0, 0.1) is 5.41 Å². The zero-order valence-electron chi connectivity index (χ0n) is 12.2. The summed E-state index contributed by atoms with van der Waals surface area (Å²) in [6.45, 7) is 8.23. The van der Waals surface area contributed by atoms with Crippen molar-refractivity contribution >= 4 is 12.0 Å². The number of morpholine rings is 1. The van der Waals surface area contributed by atoms with Gasteiger partial charge in [-0.15, -0.1) is 0 Å². The molecule has 1 aliphatic rings. The van der Waals surface area contributed by atoms with Gasteiger partial charge in [0.25, 0.3) is 0 Å². The molecule has 1 rings (SSSR count). The van der Waals surface area contributed by atoms with Gasteiger partial charge in [-0.1, -0.05) is 20.8 Å². The maximum Gasteiger partial charge on any atom is 0.328 e. The summed E-state index contributed by atoms with van der Waals surface area (Å²) in [4.78, 5) is 25.4. The molecule has 2 amide bonds. The van der Waals surface area contributed by atoms with Crippen molar-refractivity contribution in [1.82, 2.24) is 10.2 Å². The van der Waals surface area contributed by atoms with Gasteiger partial charge in [0.15, 0.2) is 0 Å². The summed E-state index contributed by atoms with van der Waals surface area (Å²) < 4.78 is 9.94. The van der Waals surface area contributed by atoms with Crippen molar-refractivity contribution in [3.8, 4) is 0 Å². The smallest absolute Gasteiger partial charge is 0.328 e. The Hall–Kier alpha value is -1.30. The molecule has 0 aromatic rings. The molecule has 1 N–H and O–H groups in total. The van der Waals surface area contributed by atoms with Gasteiger partial charge >= 0.3 is 12.0 Å². The fourth-order valence-electron chi connectivity index (χ4n) is 1.95. The average Bonchev–Trinajstić information content (AvgIpc) is 2.36. The van der Waals surface area contributed by atoms with E-state index in [0.717, 1.165) is 0 Å². The van der Waals surface area contributed by atoms with Gasteiger partial charge in [-0.3, -0.25) is 0 Å². The van der Waals surface area contributed by atoms with Crippen LogP contribution in [0.15, 0.2) is 0 Å². The van der Waals surface area contributed by atoms with Crippen LogP contribution in [-0.4, -0.2) is 56.4 Å². The molecule has 110 valence electrons. The summed E-state index contributed by atoms with van der Waals surface area (Å²) in [7, 11) is 1.33. The Labute approximate surface area is 114 Å². The van der Waals surface area contributed by atoms with E-state index in [4.69, 9.17) is 9.47 Å². The van der Waals surface area contributed by atoms with Crippen LogP contribution in [0.2, 0.25) is 0 Å². The molecule has 0 saturated carbocycles. The van der Waals surface area contributed by atoms with E-state index in [9.17, 15) is 9.59 Å². The van der Waals surface area contributed by atoms with Crippen LogP contribution >= 0.6 is 0 Å². The highest BCUT2D eigenvalue weighted by molar-refractivity contribution is 5.83. The van der Waals surface area contributed by atoms with Crippen LogP contribution in [0.25, 0.3) is 0 Å². The number of rotatable bonds is 3. The number of carbonyl (C=O) groups excluding carboxylic acids is 2. The minimum absolute atomic E-state index is 0.0723. The Kier molecular flexibility index (Phi) is 5.60. The first kappa shape index (κ1) is 15.8. The highest BCUT2D eigenvalue weighted by atomic mass is 16.5. The zero-order valence-corrected chi connectivity index (χ0v) is 12.2. The van der Waals surface area contributed by atoms with Crippen molar-refractivity contribution in [1.29, 1.82) is 0 Å². The average molecular weight is 272 g/mol. The van der Waals surface area contributed by atoms with Crippen LogP contribution in [0.1, 0.15) is 27.2 Å². The number of carbonyl (C=O) groups is 2. The number of urea groups is 1. The molecule has 1 heterocycles. The summed E-state index contributed by atoms with van der Waals surface area (Å²) in [5.41, 5.74) is -0.0723. The predicted octanol–water partition coefficient (Wildman–Crippen LogP) is 1.01. The molecule has 1 atom stereocenters. The molecule has 6 nitrogen and oxygen atoms in total. The van der Waals surface area contributed by atoms with Crippen LogP contribution in [0.5, 0.6) is 0 Å². The molecular weight excluding hydrogens is 248 g/mol. The van der Waals surface area contributed by atoms with E-state index in [1.54, 1.807) is 4.90 Å². The molecule has 0 aromatic heterocycles. The van der Waals surface area contributed by atoms with Gasteiger partial charge in [-0.05, 0) is 11.8 Å². The molecular formula is C13H24N2O4. The lowest BCUT2D eigenvalue weighted by molar-refractivity contribution is -0.143. The van der Waals surface area contributed by atoms with Gasteiger partial charge in [0.1, 0.15) is 6.04 Å². The molecule has 0 aliphatic carbocycles. The lowest BCUT2D eigenvalue weighted by atomic mass is 9.88. The van der Waals surface area contributed by atoms with Crippen molar-refractivity contribution in [3.05, 3.63) is 0 Å². The van der Waals surface area contributed by atoms with Crippen LogP contribution in [0.3, 0.4) is 0 Å². The summed E-state index contributed by atoms with van der Waals surface area (Å²) >= 11 is 0. The number of amides is 2. The van der Waals surface area contributed by atoms with E-state index in [-0.39, 0.29) is 11.4 Å². The second-order valence-electron chi connectivity index (χ2n) is 5.89. The second-order valence-corrected chi connectivity index (χ2v) is 5.89. The summed E-state index contributed by atoms with van der Waals surface area (Å²) in [6, 6.07) is -0.844. The van der Waals surface area contributed by atoms with E-state index < -0.39 is 12.0 Å². The van der Waals surface area contributed by atoms with Gasteiger partial charge < -0.3 is 19.7 Å². The van der Waals surface area contributed by atoms with Gasteiger partial charge in [-0.2, -0.15) is 0 Å². The van der Waals surface area contributed by atoms with Crippen LogP contribution < -0.4 is 5.32 Å². The minimum atomic E-state index is -0.611. The fraction of sp³-hybridized carbons (Fsp3) is 0.846. The van der Waals surface area contributed by atoms with E-state index in [2.05, 4.69) is 5.32 Å². The molecule has 0 bridgehead atoms. The number of hydrogen-bond acceptors (Lipinski definition) is 4. The number of esters is 1. The maximum atomic E-state index is 12.1. The Morgan fingerprint density at radius 3 is 2.37 bits per heavy atom. The molecule has 0 spiro atoms. The summed E-state index contributed by atoms with van der Waals surface area (Å²) in [5.74, 6) is -0.406. The van der Waals surface area contributed by atoms with Crippen LogP contribution in [0.4, 0.5) is 4.79 Å². The Balaban J connectivity index is 2.60. The molecule has 1 aliphatic heterocycles. The standard InChI is InChI=1S/C13H24N2O4/c1-13(2,3)9-10(11(16)18-4)14-12(17)15-5-7-19-8-6-15/h10H,5-9H2,1-4H3,(H,14,17). The molecule has 1 unspecified atom stereocenters. The predicted molar refractivity (Wildman–Crippen MR) is 70.8 cm³/mol. The molecule has 1 saturated heterocycles. The number of hydrogen-bond donors (Lipinski definition) is 1. The van der Waals surface area contributed by atoms with Crippen molar-refractivity contribution in [2.75, 3.05) is 33.4 Å². The largest absolute Gasteiger partial charge is 0.467 e. The first-order chi connectivity index (χ1) is 8.83. The van der Waals surface area contributed by atoms with Gasteiger partial charge in [0.05, 0.1) is 20.3 Å². The lowest BCUT2D eigenvalue weighted by Gasteiger charge is -2.30. The van der Waals surface area contributed by atoms with E-state index in [1.807, 2.05) is 20.8 Å². The van der Waals surface area contributed by atoms with Crippen molar-refractivity contribution in [2.45, 2.75) is 33.2 Å². The highest BCUT2D eigenvalue weighted by Crippen LogP contribution is 2.21. The third kappa shape index (κ3) is 5.46. The second kappa shape index (κ2) is 6.75. The zero-order chi connectivity index (χ0) is 14.5. The van der Waals surface area contributed by atoms with Gasteiger partial charge in [-0.25, -0.2) is 9.59 Å². The third-order valence-corrected chi connectivity index (χ3v) is 2.90. The first-order valence-corrected chi connectivity index (χ1v) is 6.54. The quantitative estimate of drug-likeness (QED) is 0.778. The van der Waals surface area contributed by atoms with Crippen molar-refractivity contribution in [3.63, 3.8) is 0 Å². The van der Waals surface area contributed by atoms with E-state index >= 15 is 0 Å². The monoisotopic (exact) mass is 272 g/mol. The molecule has 0 aromatic carbocycles. The number of nitrogens with zero attached hydrogens (tertiary/aromatic N) is 1. The number of methoxy groups -OCH3 is 1. The lowest BCUT2D eigenvalue weighted by Crippen LogP contribution is -2.52. The van der Waals surface area contributed by atoms with Gasteiger partial charge in [0.2, 0.25) is 0 Å². The van der Waals surface area contributed by atoms with E-state index in [1.165, 1.54) is 7.11 Å². The Bertz CT molecular complexity index is 319. The molecule has 19 heavy (non-hydrogen) atoms. The number of ether oxygens (including phenoxy) is 2. The van der Waals surface area contributed by atoms with Crippen molar-refractivity contribution < 1.29 is 19.1 Å². The Morgan fingerprint density at radius 2 is 1.89 bits per heavy atom. The molecule has 0 radical (unpaired) electrons. The number of nitrogens with one attached hydrogen (secondary N) is 1. The van der Waals surface area contributed by atoms with E-state index in [0.29, 0.717) is 32.7 Å². The molecule has 1 fully saturated rings. The van der Waals surface area contributed by atoms with Crippen molar-refractivity contribution in [2.24, 2.45) is 5.41 Å². The maximum absolute atomic E-state index is 12.1. The fourth-order valence-corrected chi connectivity index (χ4v) is 1.95. The highest BCUT2D eigenvalue weighted by Gasteiger charge is 2.29. The third-order valence-electron chi connectivity index (χ3n) is 2.90. The van der Waals surface area contributed by atoms with Gasteiger partial charge in [0, 0.05) is 13.1 Å². The first-order valence-electron chi connectivity index (χ1n) is 6.54. The molecule has 6 heteroatoms.